The minimum atomic E-state index is 0.188. The zero-order valence-electron chi connectivity index (χ0n) is 11.6. The van der Waals surface area contributed by atoms with Crippen molar-refractivity contribution in [3.8, 4) is 11.4 Å². The van der Waals surface area contributed by atoms with Gasteiger partial charge in [-0.3, -0.25) is 0 Å². The molecule has 0 unspecified atom stereocenters. The van der Waals surface area contributed by atoms with Gasteiger partial charge in [-0.1, -0.05) is 52.0 Å². The van der Waals surface area contributed by atoms with E-state index in [9.17, 15) is 0 Å². The maximum absolute atomic E-state index is 4.19. The number of rotatable bonds is 3. The molecular formula is C15H21N3. The molecule has 0 saturated carbocycles. The molecule has 0 amide bonds. The van der Waals surface area contributed by atoms with Gasteiger partial charge in [0.2, 0.25) is 0 Å². The van der Waals surface area contributed by atoms with Gasteiger partial charge in [0.15, 0.2) is 5.82 Å². The number of benzene rings is 1. The standard InChI is InChI=1S/C15H21N3/c1-5-6-13-16-14(18-17-13)11-7-9-12(10-8-11)15(2,3)4/h7-10H,5-6H2,1-4H3,(H,16,17,18). The van der Waals surface area contributed by atoms with Crippen molar-refractivity contribution in [1.82, 2.24) is 15.2 Å². The number of hydrogen-bond acceptors (Lipinski definition) is 2. The first kappa shape index (κ1) is 12.8. The maximum Gasteiger partial charge on any atom is 0.161 e. The molecule has 96 valence electrons. The highest BCUT2D eigenvalue weighted by Crippen LogP contribution is 2.24. The van der Waals surface area contributed by atoms with E-state index in [2.05, 4.69) is 67.1 Å². The van der Waals surface area contributed by atoms with E-state index in [-0.39, 0.29) is 5.41 Å². The van der Waals surface area contributed by atoms with Gasteiger partial charge in [-0.2, -0.15) is 0 Å². The van der Waals surface area contributed by atoms with E-state index in [1.54, 1.807) is 0 Å². The van der Waals surface area contributed by atoms with Crippen LogP contribution in [-0.2, 0) is 11.8 Å². The summed E-state index contributed by atoms with van der Waals surface area (Å²) in [5.74, 6) is 1.83. The Hall–Kier alpha value is -1.64. The van der Waals surface area contributed by atoms with Gasteiger partial charge < -0.3 is 4.98 Å². The Balaban J connectivity index is 2.23. The second-order valence-corrected chi connectivity index (χ2v) is 5.70. The minimum Gasteiger partial charge on any atom is -0.325 e. The summed E-state index contributed by atoms with van der Waals surface area (Å²) in [4.78, 5) is 3.27. The molecule has 0 aliphatic carbocycles. The third-order valence-electron chi connectivity index (χ3n) is 3.04. The Morgan fingerprint density at radius 2 is 1.72 bits per heavy atom. The zero-order chi connectivity index (χ0) is 13.2. The van der Waals surface area contributed by atoms with Crippen LogP contribution in [0.3, 0.4) is 0 Å². The van der Waals surface area contributed by atoms with Crippen LogP contribution < -0.4 is 0 Å². The van der Waals surface area contributed by atoms with Crippen LogP contribution in [0, 0.1) is 0 Å². The van der Waals surface area contributed by atoms with E-state index < -0.39 is 0 Å². The Kier molecular flexibility index (Phi) is 3.50. The van der Waals surface area contributed by atoms with Crippen LogP contribution in [0.2, 0.25) is 0 Å². The fourth-order valence-electron chi connectivity index (χ4n) is 1.90. The van der Waals surface area contributed by atoms with Crippen molar-refractivity contribution in [3.63, 3.8) is 0 Å². The van der Waals surface area contributed by atoms with Crippen LogP contribution in [0.25, 0.3) is 11.4 Å². The fraction of sp³-hybridized carbons (Fsp3) is 0.467. The van der Waals surface area contributed by atoms with E-state index in [4.69, 9.17) is 0 Å². The Labute approximate surface area is 109 Å². The molecule has 0 aliphatic rings. The van der Waals surface area contributed by atoms with Crippen molar-refractivity contribution in [2.45, 2.75) is 46.0 Å². The van der Waals surface area contributed by atoms with Gasteiger partial charge in [0.25, 0.3) is 0 Å². The molecule has 1 aromatic heterocycles. The van der Waals surface area contributed by atoms with E-state index in [0.29, 0.717) is 0 Å². The molecule has 0 radical (unpaired) electrons. The molecule has 0 spiro atoms. The van der Waals surface area contributed by atoms with E-state index in [0.717, 1.165) is 30.1 Å². The fourth-order valence-corrected chi connectivity index (χ4v) is 1.90. The molecule has 2 aromatic rings. The molecule has 18 heavy (non-hydrogen) atoms. The van der Waals surface area contributed by atoms with E-state index in [1.165, 1.54) is 5.56 Å². The third-order valence-corrected chi connectivity index (χ3v) is 3.04. The van der Waals surface area contributed by atoms with Crippen molar-refractivity contribution in [1.29, 1.82) is 0 Å². The summed E-state index contributed by atoms with van der Waals surface area (Å²) in [7, 11) is 0. The Morgan fingerprint density at radius 1 is 1.06 bits per heavy atom. The lowest BCUT2D eigenvalue weighted by molar-refractivity contribution is 0.590. The first-order valence-electron chi connectivity index (χ1n) is 6.53. The summed E-state index contributed by atoms with van der Waals surface area (Å²) in [5.41, 5.74) is 2.62. The van der Waals surface area contributed by atoms with Gasteiger partial charge in [0, 0.05) is 12.0 Å². The summed E-state index contributed by atoms with van der Waals surface area (Å²) in [6, 6.07) is 8.54. The summed E-state index contributed by atoms with van der Waals surface area (Å²) in [5, 5.41) is 8.34. The number of nitrogens with zero attached hydrogens (tertiary/aromatic N) is 2. The smallest absolute Gasteiger partial charge is 0.161 e. The second-order valence-electron chi connectivity index (χ2n) is 5.70. The quantitative estimate of drug-likeness (QED) is 0.892. The molecule has 2 rings (SSSR count). The molecule has 0 saturated heterocycles. The van der Waals surface area contributed by atoms with Crippen molar-refractivity contribution >= 4 is 0 Å². The molecule has 0 bridgehead atoms. The average molecular weight is 243 g/mol. The van der Waals surface area contributed by atoms with Crippen molar-refractivity contribution in [2.24, 2.45) is 0 Å². The van der Waals surface area contributed by atoms with Crippen LogP contribution in [0.15, 0.2) is 24.3 Å². The second kappa shape index (κ2) is 4.92. The zero-order valence-corrected chi connectivity index (χ0v) is 11.6. The lowest BCUT2D eigenvalue weighted by Gasteiger charge is -2.18. The molecule has 3 heteroatoms. The van der Waals surface area contributed by atoms with Crippen molar-refractivity contribution < 1.29 is 0 Å². The summed E-state index contributed by atoms with van der Waals surface area (Å²) < 4.78 is 0. The average Bonchev–Trinajstić information content (AvgIpc) is 2.77. The predicted molar refractivity (Wildman–Crippen MR) is 74.5 cm³/mol. The number of aromatic amines is 1. The normalized spacial score (nSPS) is 11.8. The molecule has 1 heterocycles. The largest absolute Gasteiger partial charge is 0.325 e. The number of nitrogens with one attached hydrogen (secondary N) is 1. The molecule has 0 fully saturated rings. The summed E-state index contributed by atoms with van der Waals surface area (Å²) in [6.45, 7) is 8.79. The number of hydrogen-bond donors (Lipinski definition) is 1. The third kappa shape index (κ3) is 2.78. The van der Waals surface area contributed by atoms with Gasteiger partial charge >= 0.3 is 0 Å². The van der Waals surface area contributed by atoms with Crippen LogP contribution in [-0.4, -0.2) is 15.2 Å². The monoisotopic (exact) mass is 243 g/mol. The topological polar surface area (TPSA) is 41.6 Å². The number of aryl methyl sites for hydroxylation is 1. The highest BCUT2D eigenvalue weighted by molar-refractivity contribution is 5.55. The van der Waals surface area contributed by atoms with Crippen LogP contribution in [0.5, 0.6) is 0 Å². The first-order valence-corrected chi connectivity index (χ1v) is 6.53. The van der Waals surface area contributed by atoms with Crippen LogP contribution >= 0.6 is 0 Å². The highest BCUT2D eigenvalue weighted by atomic mass is 15.2. The lowest BCUT2D eigenvalue weighted by atomic mass is 9.87. The van der Waals surface area contributed by atoms with Gasteiger partial charge in [-0.25, -0.2) is 0 Å². The minimum absolute atomic E-state index is 0.188. The number of aromatic nitrogens is 3. The Bertz CT molecular complexity index is 503. The lowest BCUT2D eigenvalue weighted by Crippen LogP contribution is -2.10. The highest BCUT2D eigenvalue weighted by Gasteiger charge is 2.13. The molecular weight excluding hydrogens is 222 g/mol. The van der Waals surface area contributed by atoms with Gasteiger partial charge in [0.05, 0.1) is 0 Å². The molecule has 3 nitrogen and oxygen atoms in total. The van der Waals surface area contributed by atoms with Crippen LogP contribution in [0.1, 0.15) is 45.5 Å². The van der Waals surface area contributed by atoms with Crippen LogP contribution in [0.4, 0.5) is 0 Å². The van der Waals surface area contributed by atoms with E-state index >= 15 is 0 Å². The molecule has 1 aromatic carbocycles. The molecule has 0 atom stereocenters. The number of H-pyrrole nitrogens is 1. The maximum atomic E-state index is 4.19. The van der Waals surface area contributed by atoms with E-state index in [1.807, 2.05) is 0 Å². The first-order chi connectivity index (χ1) is 8.50. The summed E-state index contributed by atoms with van der Waals surface area (Å²) >= 11 is 0. The van der Waals surface area contributed by atoms with Crippen molar-refractivity contribution in [2.75, 3.05) is 0 Å². The predicted octanol–water partition coefficient (Wildman–Crippen LogP) is 3.72. The SMILES string of the molecule is CCCc1nnc(-c2ccc(C(C)(C)C)cc2)[nH]1. The molecule has 0 aliphatic heterocycles. The van der Waals surface area contributed by atoms with Gasteiger partial charge in [-0.15, -0.1) is 10.2 Å². The Morgan fingerprint density at radius 3 is 2.28 bits per heavy atom. The molecule has 1 N–H and O–H groups in total. The van der Waals surface area contributed by atoms with Gasteiger partial charge in [-0.05, 0) is 17.4 Å². The van der Waals surface area contributed by atoms with Gasteiger partial charge in [0.1, 0.15) is 5.82 Å². The summed E-state index contributed by atoms with van der Waals surface area (Å²) in [6.07, 6.45) is 2.03. The van der Waals surface area contributed by atoms with Crippen molar-refractivity contribution in [3.05, 3.63) is 35.7 Å².